The van der Waals surface area contributed by atoms with Gasteiger partial charge in [0, 0.05) is 10.9 Å². The summed E-state index contributed by atoms with van der Waals surface area (Å²) in [7, 11) is 0. The van der Waals surface area contributed by atoms with Crippen LogP contribution in [0.5, 0.6) is 0 Å². The highest BCUT2D eigenvalue weighted by Gasteiger charge is 2.19. The predicted molar refractivity (Wildman–Crippen MR) is 142 cm³/mol. The standard InChI is InChI=1S/C31H30N2O4/c1-21-27(32-30(36-21)24-12-6-3-7-13-24)17-18-28-26-16-15-23(20-29(26)37-33-28)19-25(31(34)35)14-8-11-22-9-4-2-5-10-22/h2-7,9-10,12-13,15-16,20,25H,8,11,14,17-19H2,1H3,(H,34,35). The van der Waals surface area contributed by atoms with E-state index >= 15 is 0 Å². The fraction of sp³-hybridized carbons (Fsp3) is 0.258. The number of benzene rings is 3. The lowest BCUT2D eigenvalue weighted by Gasteiger charge is -2.12. The van der Waals surface area contributed by atoms with E-state index in [1.54, 1.807) is 0 Å². The molecule has 0 aliphatic heterocycles. The number of fused-ring (bicyclic) bond motifs is 1. The van der Waals surface area contributed by atoms with Gasteiger partial charge in [0.25, 0.3) is 0 Å². The Morgan fingerprint density at radius 2 is 1.62 bits per heavy atom. The lowest BCUT2D eigenvalue weighted by atomic mass is 9.92. The van der Waals surface area contributed by atoms with Gasteiger partial charge in [-0.05, 0) is 80.8 Å². The number of carboxylic acids is 1. The Bertz CT molecular complexity index is 1470. The minimum absolute atomic E-state index is 0.433. The predicted octanol–water partition coefficient (Wildman–Crippen LogP) is 6.84. The molecule has 1 atom stereocenters. The Morgan fingerprint density at radius 3 is 2.38 bits per heavy atom. The molecule has 0 fully saturated rings. The van der Waals surface area contributed by atoms with Crippen LogP contribution >= 0.6 is 0 Å². The number of nitrogens with zero attached hydrogens (tertiary/aromatic N) is 2. The van der Waals surface area contributed by atoms with E-state index < -0.39 is 11.9 Å². The van der Waals surface area contributed by atoms with Crippen LogP contribution in [0.3, 0.4) is 0 Å². The van der Waals surface area contributed by atoms with Crippen molar-refractivity contribution in [2.75, 3.05) is 0 Å². The maximum absolute atomic E-state index is 11.9. The maximum atomic E-state index is 11.9. The molecule has 6 nitrogen and oxygen atoms in total. The Kier molecular flexibility index (Phi) is 7.45. The van der Waals surface area contributed by atoms with Gasteiger partial charge in [-0.25, -0.2) is 4.98 Å². The molecule has 0 radical (unpaired) electrons. The third-order valence-corrected chi connectivity index (χ3v) is 6.82. The van der Waals surface area contributed by atoms with Crippen molar-refractivity contribution in [3.05, 3.63) is 107 Å². The molecule has 0 saturated heterocycles. The van der Waals surface area contributed by atoms with Crippen molar-refractivity contribution in [3.8, 4) is 11.5 Å². The molecule has 0 amide bonds. The van der Waals surface area contributed by atoms with E-state index in [4.69, 9.17) is 8.94 Å². The third-order valence-electron chi connectivity index (χ3n) is 6.82. The summed E-state index contributed by atoms with van der Waals surface area (Å²) < 4.78 is 11.5. The first-order chi connectivity index (χ1) is 18.1. The number of aryl methyl sites for hydroxylation is 4. The van der Waals surface area contributed by atoms with Gasteiger partial charge in [0.2, 0.25) is 5.89 Å². The minimum atomic E-state index is -0.760. The molecular weight excluding hydrogens is 464 g/mol. The first kappa shape index (κ1) is 24.5. The Hall–Kier alpha value is -4.19. The summed E-state index contributed by atoms with van der Waals surface area (Å²) in [5.74, 6) is 0.238. The smallest absolute Gasteiger partial charge is 0.306 e. The molecule has 6 heteroatoms. The Labute approximate surface area is 216 Å². The molecule has 0 spiro atoms. The van der Waals surface area contributed by atoms with Crippen LogP contribution in [-0.4, -0.2) is 21.2 Å². The van der Waals surface area contributed by atoms with Crippen molar-refractivity contribution < 1.29 is 18.8 Å². The number of carbonyl (C=O) groups is 1. The number of aliphatic carboxylic acids is 1. The molecule has 0 saturated carbocycles. The zero-order chi connectivity index (χ0) is 25.6. The number of carboxylic acid groups (broad SMARTS) is 1. The average Bonchev–Trinajstić information content (AvgIpc) is 3.50. The second-order valence-electron chi connectivity index (χ2n) is 9.46. The lowest BCUT2D eigenvalue weighted by molar-refractivity contribution is -0.142. The first-order valence-corrected chi connectivity index (χ1v) is 12.7. The van der Waals surface area contributed by atoms with Gasteiger partial charge in [-0.3, -0.25) is 4.79 Å². The van der Waals surface area contributed by atoms with Crippen molar-refractivity contribution in [2.24, 2.45) is 5.92 Å². The minimum Gasteiger partial charge on any atom is -0.481 e. The molecule has 5 aromatic rings. The van der Waals surface area contributed by atoms with Crippen molar-refractivity contribution >= 4 is 16.9 Å². The van der Waals surface area contributed by atoms with Gasteiger partial charge in [0.15, 0.2) is 5.58 Å². The maximum Gasteiger partial charge on any atom is 0.306 e. The first-order valence-electron chi connectivity index (χ1n) is 12.7. The zero-order valence-electron chi connectivity index (χ0n) is 20.9. The summed E-state index contributed by atoms with van der Waals surface area (Å²) in [5, 5.41) is 15.0. The van der Waals surface area contributed by atoms with E-state index in [2.05, 4.69) is 22.3 Å². The van der Waals surface area contributed by atoms with E-state index in [9.17, 15) is 9.90 Å². The number of hydrogen-bond acceptors (Lipinski definition) is 5. The number of oxazole rings is 1. The molecule has 5 rings (SSSR count). The van der Waals surface area contributed by atoms with Gasteiger partial charge >= 0.3 is 5.97 Å². The molecule has 0 bridgehead atoms. The van der Waals surface area contributed by atoms with Gasteiger partial charge < -0.3 is 14.0 Å². The largest absolute Gasteiger partial charge is 0.481 e. The van der Waals surface area contributed by atoms with Crippen LogP contribution in [0, 0.1) is 12.8 Å². The SMILES string of the molecule is Cc1oc(-c2ccccc2)nc1CCc1noc2cc(CC(CCCc3ccccc3)C(=O)O)ccc12. The average molecular weight is 495 g/mol. The van der Waals surface area contributed by atoms with Crippen molar-refractivity contribution in [1.29, 1.82) is 0 Å². The van der Waals surface area contributed by atoms with E-state index in [1.165, 1.54) is 5.56 Å². The fourth-order valence-electron chi connectivity index (χ4n) is 4.74. The van der Waals surface area contributed by atoms with Crippen LogP contribution in [0.4, 0.5) is 0 Å². The van der Waals surface area contributed by atoms with E-state index in [0.29, 0.717) is 37.2 Å². The Balaban J connectivity index is 1.22. The molecule has 2 heterocycles. The highest BCUT2D eigenvalue weighted by molar-refractivity contribution is 5.80. The molecule has 188 valence electrons. The second-order valence-corrected chi connectivity index (χ2v) is 9.46. The van der Waals surface area contributed by atoms with E-state index in [0.717, 1.165) is 46.5 Å². The van der Waals surface area contributed by atoms with Crippen LogP contribution in [-0.2, 0) is 30.5 Å². The quantitative estimate of drug-likeness (QED) is 0.216. The Morgan fingerprint density at radius 1 is 0.892 bits per heavy atom. The summed E-state index contributed by atoms with van der Waals surface area (Å²) in [6, 6.07) is 26.0. The van der Waals surface area contributed by atoms with Gasteiger partial charge in [-0.15, -0.1) is 0 Å². The van der Waals surface area contributed by atoms with Crippen molar-refractivity contribution in [3.63, 3.8) is 0 Å². The molecule has 2 aromatic heterocycles. The topological polar surface area (TPSA) is 89.4 Å². The molecule has 1 N–H and O–H groups in total. The number of rotatable bonds is 11. The summed E-state index contributed by atoms with van der Waals surface area (Å²) in [4.78, 5) is 16.6. The molecule has 3 aromatic carbocycles. The molecule has 0 aliphatic carbocycles. The van der Waals surface area contributed by atoms with Crippen LogP contribution in [0.1, 0.15) is 41.1 Å². The monoisotopic (exact) mass is 494 g/mol. The summed E-state index contributed by atoms with van der Waals surface area (Å²) in [5.41, 5.74) is 5.59. The van der Waals surface area contributed by atoms with Crippen LogP contribution in [0.25, 0.3) is 22.4 Å². The van der Waals surface area contributed by atoms with Crippen LogP contribution in [0.15, 0.2) is 87.8 Å². The van der Waals surface area contributed by atoms with Gasteiger partial charge in [-0.2, -0.15) is 0 Å². The van der Waals surface area contributed by atoms with Crippen LogP contribution < -0.4 is 0 Å². The highest BCUT2D eigenvalue weighted by Crippen LogP contribution is 2.26. The van der Waals surface area contributed by atoms with E-state index in [-0.39, 0.29) is 0 Å². The molecule has 37 heavy (non-hydrogen) atoms. The van der Waals surface area contributed by atoms with E-state index in [1.807, 2.05) is 73.7 Å². The number of aromatic nitrogens is 2. The van der Waals surface area contributed by atoms with Gasteiger partial charge in [-0.1, -0.05) is 59.8 Å². The zero-order valence-corrected chi connectivity index (χ0v) is 20.9. The van der Waals surface area contributed by atoms with Crippen molar-refractivity contribution in [1.82, 2.24) is 10.1 Å². The van der Waals surface area contributed by atoms with Crippen LogP contribution in [0.2, 0.25) is 0 Å². The number of hydrogen-bond donors (Lipinski definition) is 1. The molecule has 0 aliphatic rings. The summed E-state index contributed by atoms with van der Waals surface area (Å²) in [6.07, 6.45) is 4.18. The highest BCUT2D eigenvalue weighted by atomic mass is 16.5. The third kappa shape index (κ3) is 5.97. The molecular formula is C31H30N2O4. The summed E-state index contributed by atoms with van der Waals surface area (Å²) >= 11 is 0. The summed E-state index contributed by atoms with van der Waals surface area (Å²) in [6.45, 7) is 1.93. The second kappa shape index (κ2) is 11.2. The normalized spacial score (nSPS) is 12.1. The van der Waals surface area contributed by atoms with Gasteiger partial charge in [0.05, 0.1) is 17.3 Å². The fourth-order valence-corrected chi connectivity index (χ4v) is 4.74. The van der Waals surface area contributed by atoms with Crippen molar-refractivity contribution in [2.45, 2.75) is 45.4 Å². The van der Waals surface area contributed by atoms with Gasteiger partial charge in [0.1, 0.15) is 5.76 Å². The molecule has 1 unspecified atom stereocenters. The lowest BCUT2D eigenvalue weighted by Crippen LogP contribution is -2.16.